The van der Waals surface area contributed by atoms with E-state index >= 15 is 0 Å². The Kier molecular flexibility index (Phi) is 7.87. The summed E-state index contributed by atoms with van der Waals surface area (Å²) in [6.07, 6.45) is 3.90. The van der Waals surface area contributed by atoms with Gasteiger partial charge in [-0.05, 0) is 35.6 Å². The fourth-order valence-electron chi connectivity index (χ4n) is 3.08. The van der Waals surface area contributed by atoms with Crippen molar-refractivity contribution in [1.82, 2.24) is 15.6 Å². The number of nitrogens with one attached hydrogen (secondary N) is 2. The first-order valence-corrected chi connectivity index (χ1v) is 9.14. The molecule has 4 nitrogen and oxygen atoms in total. The van der Waals surface area contributed by atoms with E-state index in [0.29, 0.717) is 17.9 Å². The summed E-state index contributed by atoms with van der Waals surface area (Å²) in [5.74, 6) is 2.06. The zero-order chi connectivity index (χ0) is 17.6. The highest BCUT2D eigenvalue weighted by Crippen LogP contribution is 2.41. The Morgan fingerprint density at radius 3 is 2.58 bits per heavy atom. The molecule has 26 heavy (non-hydrogen) atoms. The molecule has 1 aromatic carbocycles. The van der Waals surface area contributed by atoms with Crippen molar-refractivity contribution in [3.63, 3.8) is 0 Å². The zero-order valence-electron chi connectivity index (χ0n) is 15.8. The lowest BCUT2D eigenvalue weighted by molar-refractivity contribution is 0.771. The molecule has 0 spiro atoms. The van der Waals surface area contributed by atoms with E-state index in [9.17, 15) is 0 Å². The molecule has 0 bridgehead atoms. The second-order valence-electron chi connectivity index (χ2n) is 6.98. The van der Waals surface area contributed by atoms with Crippen molar-refractivity contribution < 1.29 is 0 Å². The average molecular weight is 464 g/mol. The lowest BCUT2D eigenvalue weighted by Crippen LogP contribution is -2.40. The quantitative estimate of drug-likeness (QED) is 0.385. The SMILES string of the molecule is CN=C(NCCc1ccccn1)NC1CC1c1ccc(C(C)C)cc1.I. The summed E-state index contributed by atoms with van der Waals surface area (Å²) in [6.45, 7) is 5.30. The molecule has 3 rings (SSSR count). The van der Waals surface area contributed by atoms with Crippen LogP contribution < -0.4 is 10.6 Å². The van der Waals surface area contributed by atoms with E-state index in [1.54, 1.807) is 0 Å². The van der Waals surface area contributed by atoms with Crippen LogP contribution in [0.15, 0.2) is 53.7 Å². The van der Waals surface area contributed by atoms with Crippen molar-refractivity contribution in [2.75, 3.05) is 13.6 Å². The van der Waals surface area contributed by atoms with Crippen molar-refractivity contribution in [3.05, 3.63) is 65.5 Å². The molecule has 2 N–H and O–H groups in total. The smallest absolute Gasteiger partial charge is 0.191 e. The summed E-state index contributed by atoms with van der Waals surface area (Å²) < 4.78 is 0. The first-order valence-electron chi connectivity index (χ1n) is 9.14. The van der Waals surface area contributed by atoms with Crippen LogP contribution in [0.3, 0.4) is 0 Å². The molecule has 1 aliphatic carbocycles. The van der Waals surface area contributed by atoms with Crippen LogP contribution >= 0.6 is 24.0 Å². The van der Waals surface area contributed by atoms with Crippen LogP contribution in [0.5, 0.6) is 0 Å². The van der Waals surface area contributed by atoms with Crippen LogP contribution in [-0.4, -0.2) is 30.6 Å². The van der Waals surface area contributed by atoms with E-state index in [4.69, 9.17) is 0 Å². The van der Waals surface area contributed by atoms with Gasteiger partial charge in [0.15, 0.2) is 5.96 Å². The maximum Gasteiger partial charge on any atom is 0.191 e. The largest absolute Gasteiger partial charge is 0.356 e. The normalized spacial score (nSPS) is 19.0. The van der Waals surface area contributed by atoms with Gasteiger partial charge < -0.3 is 10.6 Å². The fourth-order valence-corrected chi connectivity index (χ4v) is 3.08. The van der Waals surface area contributed by atoms with Crippen LogP contribution in [0, 0.1) is 0 Å². The molecule has 1 heterocycles. The molecule has 2 atom stereocenters. The monoisotopic (exact) mass is 464 g/mol. The van der Waals surface area contributed by atoms with Crippen LogP contribution in [0.1, 0.15) is 48.9 Å². The first-order chi connectivity index (χ1) is 12.2. The van der Waals surface area contributed by atoms with Gasteiger partial charge in [0.25, 0.3) is 0 Å². The molecule has 2 unspecified atom stereocenters. The minimum absolute atomic E-state index is 0. The van der Waals surface area contributed by atoms with Crippen molar-refractivity contribution in [3.8, 4) is 0 Å². The van der Waals surface area contributed by atoms with Gasteiger partial charge in [0.2, 0.25) is 0 Å². The van der Waals surface area contributed by atoms with Gasteiger partial charge in [-0.15, -0.1) is 24.0 Å². The number of hydrogen-bond donors (Lipinski definition) is 2. The maximum absolute atomic E-state index is 4.35. The minimum Gasteiger partial charge on any atom is -0.356 e. The topological polar surface area (TPSA) is 49.3 Å². The number of aliphatic imine (C=N–C) groups is 1. The van der Waals surface area contributed by atoms with Crippen LogP contribution in [-0.2, 0) is 6.42 Å². The maximum atomic E-state index is 4.35. The van der Waals surface area contributed by atoms with E-state index in [0.717, 1.165) is 24.6 Å². The molecule has 0 radical (unpaired) electrons. The van der Waals surface area contributed by atoms with Crippen LogP contribution in [0.2, 0.25) is 0 Å². The predicted molar refractivity (Wildman–Crippen MR) is 120 cm³/mol. The standard InChI is InChI=1S/C21H28N4.HI/c1-15(2)16-7-9-17(10-8-16)19-14-20(19)25-21(22-3)24-13-11-18-6-4-5-12-23-18;/h4-10,12,15,19-20H,11,13-14H2,1-3H3,(H2,22,24,25);1H. The molecule has 5 heteroatoms. The summed E-state index contributed by atoms with van der Waals surface area (Å²) >= 11 is 0. The lowest BCUT2D eigenvalue weighted by Gasteiger charge is -2.12. The van der Waals surface area contributed by atoms with Gasteiger partial charge in [-0.3, -0.25) is 9.98 Å². The number of rotatable bonds is 6. The number of aromatic nitrogens is 1. The molecule has 0 amide bonds. The Morgan fingerprint density at radius 2 is 1.96 bits per heavy atom. The Balaban J connectivity index is 0.00000243. The molecule has 1 aromatic heterocycles. The van der Waals surface area contributed by atoms with Crippen molar-refractivity contribution in [1.29, 1.82) is 0 Å². The number of nitrogens with zero attached hydrogens (tertiary/aromatic N) is 2. The predicted octanol–water partition coefficient (Wildman–Crippen LogP) is 4.09. The molecule has 1 saturated carbocycles. The second-order valence-corrected chi connectivity index (χ2v) is 6.98. The van der Waals surface area contributed by atoms with Crippen LogP contribution in [0.25, 0.3) is 0 Å². The fraction of sp³-hybridized carbons (Fsp3) is 0.429. The van der Waals surface area contributed by atoms with Gasteiger partial charge in [0, 0.05) is 43.9 Å². The highest BCUT2D eigenvalue weighted by molar-refractivity contribution is 14.0. The highest BCUT2D eigenvalue weighted by atomic mass is 127. The number of guanidine groups is 1. The third kappa shape index (κ3) is 5.69. The molecule has 0 aliphatic heterocycles. The third-order valence-corrected chi connectivity index (χ3v) is 4.77. The minimum atomic E-state index is 0. The second kappa shape index (κ2) is 9.90. The van der Waals surface area contributed by atoms with Gasteiger partial charge in [0.1, 0.15) is 0 Å². The number of hydrogen-bond acceptors (Lipinski definition) is 2. The lowest BCUT2D eigenvalue weighted by atomic mass is 10.0. The summed E-state index contributed by atoms with van der Waals surface area (Å²) in [5, 5.41) is 6.92. The zero-order valence-corrected chi connectivity index (χ0v) is 18.1. The van der Waals surface area contributed by atoms with Crippen molar-refractivity contribution in [2.45, 2.75) is 44.6 Å². The van der Waals surface area contributed by atoms with E-state index < -0.39 is 0 Å². The number of pyridine rings is 1. The van der Waals surface area contributed by atoms with Gasteiger partial charge in [-0.25, -0.2) is 0 Å². The van der Waals surface area contributed by atoms with Gasteiger partial charge >= 0.3 is 0 Å². The Labute approximate surface area is 173 Å². The third-order valence-electron chi connectivity index (χ3n) is 4.77. The molecule has 1 aliphatic rings. The van der Waals surface area contributed by atoms with Crippen molar-refractivity contribution in [2.24, 2.45) is 4.99 Å². The Bertz CT molecular complexity index is 698. The van der Waals surface area contributed by atoms with E-state index in [1.165, 1.54) is 17.5 Å². The number of benzene rings is 1. The van der Waals surface area contributed by atoms with E-state index in [-0.39, 0.29) is 24.0 Å². The summed E-state index contributed by atoms with van der Waals surface area (Å²) in [4.78, 5) is 8.68. The first kappa shape index (κ1) is 20.7. The molecule has 1 fully saturated rings. The summed E-state index contributed by atoms with van der Waals surface area (Å²) in [7, 11) is 1.82. The van der Waals surface area contributed by atoms with Gasteiger partial charge in [-0.2, -0.15) is 0 Å². The summed E-state index contributed by atoms with van der Waals surface area (Å²) in [5.41, 5.74) is 3.92. The number of halogens is 1. The van der Waals surface area contributed by atoms with E-state index in [1.807, 2.05) is 25.4 Å². The average Bonchev–Trinajstić information content (AvgIpc) is 3.41. The Morgan fingerprint density at radius 1 is 1.19 bits per heavy atom. The highest BCUT2D eigenvalue weighted by Gasteiger charge is 2.38. The van der Waals surface area contributed by atoms with Crippen molar-refractivity contribution >= 4 is 29.9 Å². The molecule has 0 saturated heterocycles. The van der Waals surface area contributed by atoms with Gasteiger partial charge in [-0.1, -0.05) is 44.2 Å². The molecule has 140 valence electrons. The van der Waals surface area contributed by atoms with Gasteiger partial charge in [0.05, 0.1) is 0 Å². The molecule has 2 aromatic rings. The van der Waals surface area contributed by atoms with E-state index in [2.05, 4.69) is 64.8 Å². The molecular formula is C21H29IN4. The molecular weight excluding hydrogens is 435 g/mol. The summed E-state index contributed by atoms with van der Waals surface area (Å²) in [6, 6.07) is 15.6. The Hall–Kier alpha value is -1.63. The van der Waals surface area contributed by atoms with Crippen LogP contribution in [0.4, 0.5) is 0 Å².